The van der Waals surface area contributed by atoms with Gasteiger partial charge in [-0.15, -0.1) is 0 Å². The van der Waals surface area contributed by atoms with E-state index in [1.165, 1.54) is 0 Å². The van der Waals surface area contributed by atoms with Gasteiger partial charge in [0.05, 0.1) is 26.4 Å². The lowest BCUT2D eigenvalue weighted by molar-refractivity contribution is -0.297. The Balaban J connectivity index is 1.47. The maximum Gasteiger partial charge on any atom is 0.186 e. The summed E-state index contributed by atoms with van der Waals surface area (Å²) in [6, 6.07) is 20.2. The Hall–Kier alpha value is -1.80. The molecule has 0 N–H and O–H groups in total. The zero-order chi connectivity index (χ0) is 23.3. The van der Waals surface area contributed by atoms with Crippen molar-refractivity contribution in [1.29, 1.82) is 0 Å². The molecule has 2 aromatic carbocycles. The van der Waals surface area contributed by atoms with Crippen molar-refractivity contribution in [3.05, 3.63) is 71.8 Å². The molecule has 0 spiro atoms. The molecule has 5 atom stereocenters. The number of fused-ring (bicyclic) bond motifs is 1. The van der Waals surface area contributed by atoms with E-state index in [1.807, 2.05) is 74.5 Å². The zero-order valence-corrected chi connectivity index (χ0v) is 20.0. The maximum atomic E-state index is 6.41. The molecule has 0 radical (unpaired) electrons. The minimum Gasteiger partial charge on any atom is -0.374 e. The Labute approximate surface area is 197 Å². The first-order chi connectivity index (χ1) is 15.9. The summed E-state index contributed by atoms with van der Waals surface area (Å²) in [6.07, 6.45) is -1.94. The predicted octanol–water partition coefficient (Wildman–Crippen LogP) is 4.71. The van der Waals surface area contributed by atoms with Crippen LogP contribution in [-0.2, 0) is 41.6 Å². The third-order valence-electron chi connectivity index (χ3n) is 5.70. The lowest BCUT2D eigenvalue weighted by Gasteiger charge is -2.42. The van der Waals surface area contributed by atoms with Crippen LogP contribution in [0.5, 0.6) is 0 Å². The molecule has 2 fully saturated rings. The number of rotatable bonds is 10. The van der Waals surface area contributed by atoms with E-state index in [1.54, 1.807) is 0 Å². The van der Waals surface area contributed by atoms with E-state index >= 15 is 0 Å². The summed E-state index contributed by atoms with van der Waals surface area (Å²) >= 11 is 0. The molecule has 6 heteroatoms. The number of benzene rings is 2. The summed E-state index contributed by atoms with van der Waals surface area (Å²) in [5, 5.41) is 0. The Kier molecular flexibility index (Phi) is 8.17. The summed E-state index contributed by atoms with van der Waals surface area (Å²) in [5.41, 5.74) is 2.20. The van der Waals surface area contributed by atoms with E-state index in [2.05, 4.69) is 13.8 Å². The fourth-order valence-electron chi connectivity index (χ4n) is 4.20. The van der Waals surface area contributed by atoms with Gasteiger partial charge in [0.25, 0.3) is 0 Å². The van der Waals surface area contributed by atoms with Crippen molar-refractivity contribution in [2.45, 2.75) is 77.4 Å². The smallest absolute Gasteiger partial charge is 0.186 e. The van der Waals surface area contributed by atoms with E-state index < -0.39 is 18.2 Å². The highest BCUT2D eigenvalue weighted by Crippen LogP contribution is 2.39. The van der Waals surface area contributed by atoms with Crippen LogP contribution in [0.15, 0.2) is 60.7 Å². The number of hydrogen-bond donors (Lipinski definition) is 0. The molecule has 0 aliphatic carbocycles. The second kappa shape index (κ2) is 11.1. The Bertz CT molecular complexity index is 840. The number of hydrogen-bond acceptors (Lipinski definition) is 6. The maximum absolute atomic E-state index is 6.41. The average molecular weight is 457 g/mol. The van der Waals surface area contributed by atoms with Gasteiger partial charge in [-0.25, -0.2) is 0 Å². The third kappa shape index (κ3) is 6.63. The molecule has 4 rings (SSSR count). The summed E-state index contributed by atoms with van der Waals surface area (Å²) in [6.45, 7) is 9.97. The van der Waals surface area contributed by atoms with Crippen LogP contribution in [0.4, 0.5) is 0 Å². The fraction of sp³-hybridized carbons (Fsp3) is 0.556. The molecule has 180 valence electrons. The average Bonchev–Trinajstić information content (AvgIpc) is 3.13. The van der Waals surface area contributed by atoms with Gasteiger partial charge in [0.2, 0.25) is 0 Å². The van der Waals surface area contributed by atoms with Crippen LogP contribution in [0.1, 0.15) is 38.8 Å². The summed E-state index contributed by atoms with van der Waals surface area (Å²) in [4.78, 5) is 0. The van der Waals surface area contributed by atoms with Gasteiger partial charge in [-0.05, 0) is 30.9 Å². The monoisotopic (exact) mass is 456 g/mol. The van der Waals surface area contributed by atoms with Gasteiger partial charge in [-0.2, -0.15) is 0 Å². The van der Waals surface area contributed by atoms with E-state index in [0.29, 0.717) is 32.3 Å². The van der Waals surface area contributed by atoms with Crippen LogP contribution in [0.2, 0.25) is 0 Å². The van der Waals surface area contributed by atoms with E-state index in [4.69, 9.17) is 28.4 Å². The van der Waals surface area contributed by atoms with Crippen LogP contribution in [0.3, 0.4) is 0 Å². The molecule has 0 aromatic heterocycles. The molecule has 2 aromatic rings. The van der Waals surface area contributed by atoms with Crippen LogP contribution in [0, 0.1) is 5.92 Å². The third-order valence-corrected chi connectivity index (χ3v) is 5.70. The molecule has 2 saturated heterocycles. The van der Waals surface area contributed by atoms with Crippen molar-refractivity contribution < 1.29 is 28.4 Å². The quantitative estimate of drug-likeness (QED) is 0.516. The molecule has 6 nitrogen and oxygen atoms in total. The van der Waals surface area contributed by atoms with Gasteiger partial charge in [0.1, 0.15) is 24.4 Å². The molecule has 0 saturated carbocycles. The normalized spacial score (nSPS) is 28.7. The van der Waals surface area contributed by atoms with Gasteiger partial charge in [-0.3, -0.25) is 0 Å². The summed E-state index contributed by atoms with van der Waals surface area (Å²) in [7, 11) is 0. The lowest BCUT2D eigenvalue weighted by atomic mass is 9.99. The van der Waals surface area contributed by atoms with Gasteiger partial charge in [0, 0.05) is 0 Å². The van der Waals surface area contributed by atoms with Crippen LogP contribution in [0.25, 0.3) is 0 Å². The SMILES string of the molecule is CC(C)CO[C@@H]1O[C@H](COCc2ccccc2)[C@@H]2OC(C)(C)O[C@@H]2[C@H]1OCc1ccccc1. The zero-order valence-electron chi connectivity index (χ0n) is 20.0. The van der Waals surface area contributed by atoms with Crippen molar-refractivity contribution in [3.8, 4) is 0 Å². The molecular weight excluding hydrogens is 420 g/mol. The van der Waals surface area contributed by atoms with Gasteiger partial charge in [0.15, 0.2) is 12.1 Å². The van der Waals surface area contributed by atoms with Crippen molar-refractivity contribution >= 4 is 0 Å². The molecule has 33 heavy (non-hydrogen) atoms. The Morgan fingerprint density at radius 1 is 0.818 bits per heavy atom. The Morgan fingerprint density at radius 2 is 1.42 bits per heavy atom. The molecular formula is C27H36O6. The van der Waals surface area contributed by atoms with Crippen LogP contribution in [-0.4, -0.2) is 49.7 Å². The van der Waals surface area contributed by atoms with E-state index in [9.17, 15) is 0 Å². The largest absolute Gasteiger partial charge is 0.374 e. The molecule has 2 aliphatic rings. The highest BCUT2D eigenvalue weighted by atomic mass is 16.8. The van der Waals surface area contributed by atoms with Gasteiger partial charge >= 0.3 is 0 Å². The molecule has 0 unspecified atom stereocenters. The number of ether oxygens (including phenoxy) is 6. The lowest BCUT2D eigenvalue weighted by Crippen LogP contribution is -2.59. The second-order valence-electron chi connectivity index (χ2n) is 9.60. The Morgan fingerprint density at radius 3 is 2.06 bits per heavy atom. The molecule has 0 amide bonds. The van der Waals surface area contributed by atoms with Gasteiger partial charge < -0.3 is 28.4 Å². The first-order valence-corrected chi connectivity index (χ1v) is 11.8. The van der Waals surface area contributed by atoms with Crippen molar-refractivity contribution in [2.24, 2.45) is 5.92 Å². The first kappa shape index (κ1) is 24.3. The van der Waals surface area contributed by atoms with Crippen LogP contribution >= 0.6 is 0 Å². The highest BCUT2D eigenvalue weighted by molar-refractivity contribution is 5.14. The molecule has 2 aliphatic heterocycles. The topological polar surface area (TPSA) is 55.4 Å². The standard InChI is InChI=1S/C27H36O6/c1-19(2)15-30-26-25(29-17-21-13-9-6-10-14-21)24-23(32-27(3,4)33-24)22(31-26)18-28-16-20-11-7-5-8-12-20/h5-14,19,22-26H,15-18H2,1-4H3/t22-,23+,24+,25-,26-/m1/s1. The minimum absolute atomic E-state index is 0.310. The summed E-state index contributed by atoms with van der Waals surface area (Å²) in [5.74, 6) is -0.372. The van der Waals surface area contributed by atoms with Crippen molar-refractivity contribution in [1.82, 2.24) is 0 Å². The van der Waals surface area contributed by atoms with Crippen LogP contribution < -0.4 is 0 Å². The molecule has 2 heterocycles. The fourth-order valence-corrected chi connectivity index (χ4v) is 4.20. The van der Waals surface area contributed by atoms with E-state index in [0.717, 1.165) is 11.1 Å². The second-order valence-corrected chi connectivity index (χ2v) is 9.60. The highest BCUT2D eigenvalue weighted by Gasteiger charge is 2.56. The molecule has 0 bridgehead atoms. The predicted molar refractivity (Wildman–Crippen MR) is 124 cm³/mol. The summed E-state index contributed by atoms with van der Waals surface area (Å²) < 4.78 is 37.5. The first-order valence-electron chi connectivity index (χ1n) is 11.8. The van der Waals surface area contributed by atoms with E-state index in [-0.39, 0.29) is 18.3 Å². The van der Waals surface area contributed by atoms with Gasteiger partial charge in [-0.1, -0.05) is 74.5 Å². The van der Waals surface area contributed by atoms with Crippen molar-refractivity contribution in [3.63, 3.8) is 0 Å². The van der Waals surface area contributed by atoms with Crippen molar-refractivity contribution in [2.75, 3.05) is 13.2 Å². The minimum atomic E-state index is -0.738.